The van der Waals surface area contributed by atoms with Crippen molar-refractivity contribution in [2.24, 2.45) is 5.10 Å². The number of benzene rings is 2. The summed E-state index contributed by atoms with van der Waals surface area (Å²) < 4.78 is 6.32. The molecule has 0 bridgehead atoms. The summed E-state index contributed by atoms with van der Waals surface area (Å²) in [4.78, 5) is 23.5. The Morgan fingerprint density at radius 1 is 1.16 bits per heavy atom. The summed E-state index contributed by atoms with van der Waals surface area (Å²) >= 11 is 7.58. The number of rotatable bonds is 4. The molecule has 25 heavy (non-hydrogen) atoms. The van der Waals surface area contributed by atoms with Gasteiger partial charge in [-0.25, -0.2) is 10.2 Å². The Hall–Kier alpha value is -2.70. The van der Waals surface area contributed by atoms with Gasteiger partial charge in [-0.3, -0.25) is 4.79 Å². The second-order valence-corrected chi connectivity index (χ2v) is 6.56. The van der Waals surface area contributed by atoms with Crippen LogP contribution < -0.4 is 10.2 Å². The van der Waals surface area contributed by atoms with Crippen LogP contribution in [0.2, 0.25) is 5.02 Å². The Morgan fingerprint density at radius 2 is 1.88 bits per heavy atom. The number of amides is 1. The molecule has 126 valence electrons. The molecule has 0 unspecified atom stereocenters. The fourth-order valence-corrected chi connectivity index (χ4v) is 3.50. The number of ether oxygens (including phenoxy) is 1. The van der Waals surface area contributed by atoms with Crippen molar-refractivity contribution in [2.75, 3.05) is 0 Å². The van der Waals surface area contributed by atoms with Crippen molar-refractivity contribution in [1.29, 1.82) is 0 Å². The Labute approximate surface area is 152 Å². The number of thiophene rings is 1. The fraction of sp³-hybridized carbons (Fsp3) is 0.0556. The molecule has 0 saturated heterocycles. The van der Waals surface area contributed by atoms with Crippen LogP contribution in [-0.2, 0) is 4.79 Å². The first-order chi connectivity index (χ1) is 12.0. The summed E-state index contributed by atoms with van der Waals surface area (Å²) in [6.07, 6.45) is 1.50. The summed E-state index contributed by atoms with van der Waals surface area (Å²) in [6.45, 7) is 1.37. The number of hydrogen-bond acceptors (Lipinski definition) is 5. The van der Waals surface area contributed by atoms with Crippen LogP contribution in [-0.4, -0.2) is 18.1 Å². The van der Waals surface area contributed by atoms with E-state index in [1.807, 2.05) is 24.3 Å². The second kappa shape index (κ2) is 7.46. The quantitative estimate of drug-likeness (QED) is 0.322. The van der Waals surface area contributed by atoms with E-state index in [9.17, 15) is 9.59 Å². The number of hydrogen-bond donors (Lipinski definition) is 1. The normalized spacial score (nSPS) is 11.0. The van der Waals surface area contributed by atoms with E-state index in [2.05, 4.69) is 10.5 Å². The molecule has 7 heteroatoms. The second-order valence-electron chi connectivity index (χ2n) is 5.13. The van der Waals surface area contributed by atoms with Gasteiger partial charge in [0, 0.05) is 17.0 Å². The maximum atomic E-state index is 12.4. The molecule has 0 aliphatic rings. The molecule has 1 N–H and O–H groups in total. The van der Waals surface area contributed by atoms with Gasteiger partial charge in [0.25, 0.3) is 0 Å². The number of hydrazone groups is 1. The lowest BCUT2D eigenvalue weighted by Crippen LogP contribution is -2.12. The van der Waals surface area contributed by atoms with Crippen LogP contribution in [0.1, 0.15) is 22.2 Å². The van der Waals surface area contributed by atoms with Gasteiger partial charge in [0.15, 0.2) is 0 Å². The highest BCUT2D eigenvalue weighted by Gasteiger charge is 2.18. The number of nitrogens with one attached hydrogen (secondary N) is 1. The third-order valence-corrected chi connectivity index (χ3v) is 4.90. The van der Waals surface area contributed by atoms with Gasteiger partial charge in [-0.2, -0.15) is 5.10 Å². The topological polar surface area (TPSA) is 67.8 Å². The fourth-order valence-electron chi connectivity index (χ4n) is 2.12. The largest absolute Gasteiger partial charge is 0.422 e. The molecule has 0 aliphatic carbocycles. The van der Waals surface area contributed by atoms with Crippen LogP contribution in [0.25, 0.3) is 10.1 Å². The van der Waals surface area contributed by atoms with Gasteiger partial charge < -0.3 is 4.74 Å². The summed E-state index contributed by atoms with van der Waals surface area (Å²) in [5.74, 6) is -0.344. The zero-order valence-corrected chi connectivity index (χ0v) is 14.7. The van der Waals surface area contributed by atoms with Crippen LogP contribution in [0.3, 0.4) is 0 Å². The molecule has 1 aromatic heterocycles. The molecule has 2 aromatic carbocycles. The summed E-state index contributed by atoms with van der Waals surface area (Å²) in [6, 6.07) is 14.3. The van der Waals surface area contributed by atoms with Crippen molar-refractivity contribution in [3.63, 3.8) is 0 Å². The van der Waals surface area contributed by atoms with E-state index in [0.717, 1.165) is 15.6 Å². The molecule has 0 fully saturated rings. The first kappa shape index (κ1) is 17.1. The van der Waals surface area contributed by atoms with Gasteiger partial charge in [0.05, 0.1) is 11.2 Å². The van der Waals surface area contributed by atoms with Crippen molar-refractivity contribution < 1.29 is 14.3 Å². The zero-order chi connectivity index (χ0) is 17.8. The van der Waals surface area contributed by atoms with Gasteiger partial charge in [0.1, 0.15) is 10.6 Å². The number of carbonyl (C=O) groups excluding carboxylic acids is 2. The smallest absolute Gasteiger partial charge is 0.355 e. The standard InChI is InChI=1S/C18H13ClN2O3S/c1-11(22)21-20-10-12-6-8-13(9-7-12)24-18(23)17-16(19)14-4-2-3-5-15(14)25-17/h2-10H,1H3,(H,21,22)/b20-10+. The predicted octanol–water partition coefficient (Wildman–Crippen LogP) is 4.24. The summed E-state index contributed by atoms with van der Waals surface area (Å²) in [7, 11) is 0. The molecular weight excluding hydrogens is 360 g/mol. The van der Waals surface area contributed by atoms with E-state index in [0.29, 0.717) is 15.6 Å². The molecule has 0 radical (unpaired) electrons. The maximum Gasteiger partial charge on any atom is 0.355 e. The van der Waals surface area contributed by atoms with E-state index >= 15 is 0 Å². The lowest BCUT2D eigenvalue weighted by atomic mass is 10.2. The van der Waals surface area contributed by atoms with Crippen molar-refractivity contribution in [3.8, 4) is 5.75 Å². The predicted molar refractivity (Wildman–Crippen MR) is 99.6 cm³/mol. The highest BCUT2D eigenvalue weighted by molar-refractivity contribution is 7.21. The molecule has 1 heterocycles. The van der Waals surface area contributed by atoms with E-state index in [1.165, 1.54) is 24.5 Å². The average Bonchev–Trinajstić information content (AvgIpc) is 2.94. The number of carbonyl (C=O) groups is 2. The average molecular weight is 373 g/mol. The Bertz CT molecular complexity index is 964. The lowest BCUT2D eigenvalue weighted by Gasteiger charge is -2.03. The van der Waals surface area contributed by atoms with Crippen LogP contribution in [0.4, 0.5) is 0 Å². The minimum atomic E-state index is -0.495. The maximum absolute atomic E-state index is 12.4. The van der Waals surface area contributed by atoms with Crippen LogP contribution in [0.5, 0.6) is 5.75 Å². The van der Waals surface area contributed by atoms with Gasteiger partial charge >= 0.3 is 5.97 Å². The third kappa shape index (κ3) is 4.04. The summed E-state index contributed by atoms with van der Waals surface area (Å²) in [5, 5.41) is 5.01. The Kier molecular flexibility index (Phi) is 5.11. The molecule has 5 nitrogen and oxygen atoms in total. The number of halogens is 1. The highest BCUT2D eigenvalue weighted by Crippen LogP contribution is 2.35. The summed E-state index contributed by atoms with van der Waals surface area (Å²) in [5.41, 5.74) is 3.07. The third-order valence-electron chi connectivity index (χ3n) is 3.25. The van der Waals surface area contributed by atoms with E-state index in [4.69, 9.17) is 16.3 Å². The van der Waals surface area contributed by atoms with Crippen molar-refractivity contribution in [1.82, 2.24) is 5.43 Å². The van der Waals surface area contributed by atoms with E-state index in [-0.39, 0.29) is 5.91 Å². The SMILES string of the molecule is CC(=O)N/N=C/c1ccc(OC(=O)c2sc3ccccc3c2Cl)cc1. The van der Waals surface area contributed by atoms with E-state index in [1.54, 1.807) is 24.3 Å². The Morgan fingerprint density at radius 3 is 2.56 bits per heavy atom. The van der Waals surface area contributed by atoms with Crippen LogP contribution >= 0.6 is 22.9 Å². The number of nitrogens with zero attached hydrogens (tertiary/aromatic N) is 1. The molecule has 1 amide bonds. The zero-order valence-electron chi connectivity index (χ0n) is 13.2. The molecule has 3 rings (SSSR count). The molecule has 0 aliphatic heterocycles. The van der Waals surface area contributed by atoms with Crippen LogP contribution in [0, 0.1) is 0 Å². The van der Waals surface area contributed by atoms with Crippen molar-refractivity contribution in [2.45, 2.75) is 6.92 Å². The van der Waals surface area contributed by atoms with Gasteiger partial charge in [0.2, 0.25) is 5.91 Å². The van der Waals surface area contributed by atoms with Crippen molar-refractivity contribution in [3.05, 3.63) is 64.0 Å². The van der Waals surface area contributed by atoms with Crippen LogP contribution in [0.15, 0.2) is 53.6 Å². The highest BCUT2D eigenvalue weighted by atomic mass is 35.5. The number of fused-ring (bicyclic) bond motifs is 1. The lowest BCUT2D eigenvalue weighted by molar-refractivity contribution is -0.118. The number of esters is 1. The van der Waals surface area contributed by atoms with Crippen molar-refractivity contribution >= 4 is 51.1 Å². The Balaban J connectivity index is 1.73. The van der Waals surface area contributed by atoms with Gasteiger partial charge in [-0.05, 0) is 35.9 Å². The monoisotopic (exact) mass is 372 g/mol. The molecule has 3 aromatic rings. The molecular formula is C18H13ClN2O3S. The first-order valence-corrected chi connectivity index (χ1v) is 8.53. The first-order valence-electron chi connectivity index (χ1n) is 7.33. The minimum Gasteiger partial charge on any atom is -0.422 e. The van der Waals surface area contributed by atoms with Gasteiger partial charge in [-0.1, -0.05) is 29.8 Å². The minimum absolute atomic E-state index is 0.248. The molecule has 0 spiro atoms. The van der Waals surface area contributed by atoms with E-state index < -0.39 is 5.97 Å². The molecule has 0 saturated carbocycles. The molecule has 0 atom stereocenters. The van der Waals surface area contributed by atoms with Gasteiger partial charge in [-0.15, -0.1) is 11.3 Å².